The summed E-state index contributed by atoms with van der Waals surface area (Å²) in [7, 11) is 1.72. The molecule has 3 N–H and O–H groups in total. The molecule has 0 aliphatic carbocycles. The van der Waals surface area contributed by atoms with Crippen molar-refractivity contribution in [2.45, 2.75) is 39.7 Å². The van der Waals surface area contributed by atoms with Crippen LogP contribution in [0.5, 0.6) is 0 Å². The Morgan fingerprint density at radius 2 is 1.86 bits per heavy atom. The number of rotatable bonds is 7. The molecular weight excluding hydrogens is 364 g/mol. The number of carbonyl (C=O) groups is 1. The first-order chi connectivity index (χ1) is 13.8. The third kappa shape index (κ3) is 8.73. The molecule has 0 spiro atoms. The quantitative estimate of drug-likeness (QED) is 0.367. The number of amides is 1. The Bertz CT molecular complexity index is 674. The fourth-order valence-electron chi connectivity index (χ4n) is 3.41. The molecule has 1 aromatic carbocycles. The summed E-state index contributed by atoms with van der Waals surface area (Å²) in [4.78, 5) is 21.1. The highest BCUT2D eigenvalue weighted by Crippen LogP contribution is 2.17. The molecule has 1 amide bonds. The van der Waals surface area contributed by atoms with Crippen LogP contribution in [-0.4, -0.2) is 75.2 Å². The van der Waals surface area contributed by atoms with Gasteiger partial charge >= 0.3 is 0 Å². The maximum absolute atomic E-state index is 11.9. The number of hydrogen-bond acceptors (Lipinski definition) is 4. The van der Waals surface area contributed by atoms with Gasteiger partial charge in [-0.3, -0.25) is 14.7 Å². The number of hydrogen-bond donors (Lipinski definition) is 3. The van der Waals surface area contributed by atoms with Crippen LogP contribution in [0, 0.1) is 6.92 Å². The minimum atomic E-state index is -0.223. The average Bonchev–Trinajstić information content (AvgIpc) is 2.66. The topological polar surface area (TPSA) is 72.0 Å². The predicted molar refractivity (Wildman–Crippen MR) is 122 cm³/mol. The van der Waals surface area contributed by atoms with E-state index < -0.39 is 0 Å². The van der Waals surface area contributed by atoms with E-state index in [0.29, 0.717) is 5.96 Å². The first-order valence-corrected chi connectivity index (χ1v) is 10.6. The maximum Gasteiger partial charge on any atom is 0.239 e. The van der Waals surface area contributed by atoms with Gasteiger partial charge in [-0.05, 0) is 58.4 Å². The average molecular weight is 403 g/mol. The molecule has 29 heavy (non-hydrogen) atoms. The summed E-state index contributed by atoms with van der Waals surface area (Å²) >= 11 is 0. The van der Waals surface area contributed by atoms with Crippen LogP contribution in [0.3, 0.4) is 0 Å². The first kappa shape index (κ1) is 23.0. The molecule has 1 saturated heterocycles. The van der Waals surface area contributed by atoms with Crippen LogP contribution >= 0.6 is 0 Å². The number of nitrogens with zero attached hydrogens (tertiary/aromatic N) is 3. The van der Waals surface area contributed by atoms with Crippen molar-refractivity contribution < 1.29 is 4.79 Å². The lowest BCUT2D eigenvalue weighted by molar-refractivity contribution is -0.121. The summed E-state index contributed by atoms with van der Waals surface area (Å²) in [5, 5.41) is 9.29. The van der Waals surface area contributed by atoms with Gasteiger partial charge in [0.1, 0.15) is 0 Å². The van der Waals surface area contributed by atoms with Crippen LogP contribution in [0.2, 0.25) is 0 Å². The number of aryl methyl sites for hydroxylation is 1. The molecule has 0 aromatic heterocycles. The number of guanidine groups is 1. The van der Waals surface area contributed by atoms with Gasteiger partial charge in [-0.15, -0.1) is 0 Å². The van der Waals surface area contributed by atoms with Crippen molar-refractivity contribution in [2.24, 2.45) is 4.99 Å². The van der Waals surface area contributed by atoms with Crippen molar-refractivity contribution in [3.05, 3.63) is 29.8 Å². The molecular formula is C22H38N6O. The maximum atomic E-state index is 11.9. The van der Waals surface area contributed by atoms with Gasteiger partial charge in [0, 0.05) is 51.0 Å². The van der Waals surface area contributed by atoms with E-state index in [1.54, 1.807) is 7.05 Å². The molecule has 1 aromatic rings. The van der Waals surface area contributed by atoms with Gasteiger partial charge in [0.25, 0.3) is 0 Å². The highest BCUT2D eigenvalue weighted by atomic mass is 16.2. The van der Waals surface area contributed by atoms with Gasteiger partial charge in [-0.2, -0.15) is 0 Å². The van der Waals surface area contributed by atoms with Crippen molar-refractivity contribution >= 4 is 17.6 Å². The largest absolute Gasteiger partial charge is 0.369 e. The van der Waals surface area contributed by atoms with E-state index in [9.17, 15) is 4.79 Å². The molecule has 0 saturated carbocycles. The van der Waals surface area contributed by atoms with E-state index in [2.05, 4.69) is 61.9 Å². The van der Waals surface area contributed by atoms with Crippen molar-refractivity contribution in [1.29, 1.82) is 0 Å². The number of carbonyl (C=O) groups excluding carboxylic acids is 1. The lowest BCUT2D eigenvalue weighted by Gasteiger charge is -2.36. The second-order valence-electron chi connectivity index (χ2n) is 8.67. The zero-order chi connectivity index (χ0) is 21.3. The second kappa shape index (κ2) is 11.0. The Hall–Kier alpha value is -2.28. The minimum absolute atomic E-state index is 0.0352. The van der Waals surface area contributed by atoms with Crippen molar-refractivity contribution in [2.75, 3.05) is 57.8 Å². The Kier molecular flexibility index (Phi) is 8.76. The molecule has 0 atom stereocenters. The predicted octanol–water partition coefficient (Wildman–Crippen LogP) is 1.59. The standard InChI is InChI=1S/C22H38N6O/c1-18-8-6-9-19(16-18)28-14-12-27(13-15-28)11-7-10-24-21(23-5)25-17-20(29)26-22(2,3)4/h6,8-9,16H,7,10-15,17H2,1-5H3,(H,26,29)(H2,23,24,25). The molecule has 2 rings (SSSR count). The Labute approximate surface area is 175 Å². The summed E-state index contributed by atoms with van der Waals surface area (Å²) in [5.41, 5.74) is 2.42. The molecule has 7 nitrogen and oxygen atoms in total. The molecule has 1 aliphatic heterocycles. The van der Waals surface area contributed by atoms with Crippen LogP contribution in [0.25, 0.3) is 0 Å². The van der Waals surface area contributed by atoms with E-state index in [1.807, 2.05) is 20.8 Å². The van der Waals surface area contributed by atoms with E-state index in [-0.39, 0.29) is 18.0 Å². The van der Waals surface area contributed by atoms with Crippen LogP contribution in [-0.2, 0) is 4.79 Å². The number of nitrogens with one attached hydrogen (secondary N) is 3. The fraction of sp³-hybridized carbons (Fsp3) is 0.636. The normalized spacial score (nSPS) is 15.9. The Morgan fingerprint density at radius 1 is 1.14 bits per heavy atom. The Morgan fingerprint density at radius 3 is 2.48 bits per heavy atom. The van der Waals surface area contributed by atoms with Gasteiger partial charge in [0.05, 0.1) is 6.54 Å². The van der Waals surface area contributed by atoms with Gasteiger partial charge in [-0.1, -0.05) is 12.1 Å². The molecule has 0 radical (unpaired) electrons. The number of piperazine rings is 1. The first-order valence-electron chi connectivity index (χ1n) is 10.6. The van der Waals surface area contributed by atoms with Gasteiger partial charge in [-0.25, -0.2) is 0 Å². The van der Waals surface area contributed by atoms with Gasteiger partial charge in [0.2, 0.25) is 5.91 Å². The van der Waals surface area contributed by atoms with Gasteiger partial charge in [0.15, 0.2) is 5.96 Å². The van der Waals surface area contributed by atoms with E-state index in [4.69, 9.17) is 0 Å². The van der Waals surface area contributed by atoms with Gasteiger partial charge < -0.3 is 20.9 Å². The van der Waals surface area contributed by atoms with E-state index in [0.717, 1.165) is 45.7 Å². The van der Waals surface area contributed by atoms with E-state index in [1.165, 1.54) is 11.3 Å². The van der Waals surface area contributed by atoms with E-state index >= 15 is 0 Å². The third-order valence-corrected chi connectivity index (χ3v) is 4.84. The smallest absolute Gasteiger partial charge is 0.239 e. The monoisotopic (exact) mass is 402 g/mol. The third-order valence-electron chi connectivity index (χ3n) is 4.84. The van der Waals surface area contributed by atoms with Crippen molar-refractivity contribution in [1.82, 2.24) is 20.9 Å². The minimum Gasteiger partial charge on any atom is -0.369 e. The fourth-order valence-corrected chi connectivity index (χ4v) is 3.41. The summed E-state index contributed by atoms with van der Waals surface area (Å²) in [5.74, 6) is 0.630. The number of benzene rings is 1. The summed E-state index contributed by atoms with van der Waals surface area (Å²) < 4.78 is 0. The zero-order valence-electron chi connectivity index (χ0n) is 18.7. The number of anilines is 1. The Balaban J connectivity index is 1.61. The molecule has 0 bridgehead atoms. The summed E-state index contributed by atoms with van der Waals surface area (Å²) in [6.45, 7) is 14.5. The lowest BCUT2D eigenvalue weighted by atomic mass is 10.1. The molecule has 7 heteroatoms. The molecule has 1 aliphatic rings. The van der Waals surface area contributed by atoms with Crippen LogP contribution in [0.4, 0.5) is 5.69 Å². The highest BCUT2D eigenvalue weighted by Gasteiger charge is 2.17. The molecule has 1 heterocycles. The SMILES string of the molecule is CN=C(NCCCN1CCN(c2cccc(C)c2)CC1)NCC(=O)NC(C)(C)C. The summed E-state index contributed by atoms with van der Waals surface area (Å²) in [6, 6.07) is 8.75. The van der Waals surface area contributed by atoms with Crippen LogP contribution < -0.4 is 20.9 Å². The summed E-state index contributed by atoms with van der Waals surface area (Å²) in [6.07, 6.45) is 1.04. The lowest BCUT2D eigenvalue weighted by Crippen LogP contribution is -2.49. The van der Waals surface area contributed by atoms with Crippen LogP contribution in [0.1, 0.15) is 32.8 Å². The molecule has 1 fully saturated rings. The zero-order valence-corrected chi connectivity index (χ0v) is 18.7. The second-order valence-corrected chi connectivity index (χ2v) is 8.67. The van der Waals surface area contributed by atoms with Crippen molar-refractivity contribution in [3.63, 3.8) is 0 Å². The van der Waals surface area contributed by atoms with Crippen molar-refractivity contribution in [3.8, 4) is 0 Å². The highest BCUT2D eigenvalue weighted by molar-refractivity contribution is 5.86. The molecule has 162 valence electrons. The van der Waals surface area contributed by atoms with Crippen LogP contribution in [0.15, 0.2) is 29.3 Å². The number of aliphatic imine (C=N–C) groups is 1. The molecule has 0 unspecified atom stereocenters.